The number of rotatable bonds is 2. The first kappa shape index (κ1) is 15.0. The van der Waals surface area contributed by atoms with E-state index in [2.05, 4.69) is 4.98 Å². The second-order valence-corrected chi connectivity index (χ2v) is 4.26. The van der Waals surface area contributed by atoms with Crippen LogP contribution in [0.4, 0.5) is 23.2 Å². The van der Waals surface area contributed by atoms with Crippen LogP contribution in [0.25, 0.3) is 0 Å². The van der Waals surface area contributed by atoms with Crippen LogP contribution in [0, 0.1) is 5.82 Å². The Labute approximate surface area is 117 Å². The summed E-state index contributed by atoms with van der Waals surface area (Å²) in [5.41, 5.74) is -1.24. The Kier molecular flexibility index (Phi) is 3.93. The number of nitrogens with zero attached hydrogens (tertiary/aromatic N) is 2. The van der Waals surface area contributed by atoms with Crippen LogP contribution in [0.5, 0.6) is 0 Å². The van der Waals surface area contributed by atoms with Crippen molar-refractivity contribution in [2.45, 2.75) is 6.18 Å². The number of halogens is 4. The summed E-state index contributed by atoms with van der Waals surface area (Å²) in [5.74, 6) is -2.09. The van der Waals surface area contributed by atoms with Gasteiger partial charge in [-0.15, -0.1) is 0 Å². The van der Waals surface area contributed by atoms with Gasteiger partial charge in [-0.1, -0.05) is 0 Å². The van der Waals surface area contributed by atoms with Crippen molar-refractivity contribution in [1.29, 1.82) is 0 Å². The zero-order valence-electron chi connectivity index (χ0n) is 10.9. The van der Waals surface area contributed by atoms with Crippen molar-refractivity contribution >= 4 is 11.6 Å². The number of alkyl halides is 3. The normalized spacial score (nSPS) is 11.3. The molecule has 110 valence electrons. The molecule has 1 aromatic carbocycles. The molecule has 0 aliphatic heterocycles. The third-order valence-electron chi connectivity index (χ3n) is 2.87. The second-order valence-electron chi connectivity index (χ2n) is 4.26. The summed E-state index contributed by atoms with van der Waals surface area (Å²) in [6, 6.07) is 5.23. The SMILES string of the molecule is CN(C(=O)c1ccc(F)c(C(F)(F)F)c1)c1ccncc1. The smallest absolute Gasteiger partial charge is 0.311 e. The minimum absolute atomic E-state index is 0.247. The number of carbonyl (C=O) groups excluding carboxylic acids is 1. The average molecular weight is 298 g/mol. The molecule has 3 nitrogen and oxygen atoms in total. The molecule has 2 rings (SSSR count). The van der Waals surface area contributed by atoms with Crippen LogP contribution in [-0.2, 0) is 6.18 Å². The second kappa shape index (κ2) is 5.51. The van der Waals surface area contributed by atoms with Gasteiger partial charge in [0, 0.05) is 30.7 Å². The first-order valence-electron chi connectivity index (χ1n) is 5.85. The molecule has 7 heteroatoms. The first-order valence-corrected chi connectivity index (χ1v) is 5.85. The zero-order valence-corrected chi connectivity index (χ0v) is 10.9. The van der Waals surface area contributed by atoms with Crippen LogP contribution < -0.4 is 4.90 Å². The van der Waals surface area contributed by atoms with Gasteiger partial charge in [-0.05, 0) is 30.3 Å². The molecular weight excluding hydrogens is 288 g/mol. The molecule has 0 aliphatic carbocycles. The van der Waals surface area contributed by atoms with Gasteiger partial charge in [0.2, 0.25) is 0 Å². The maximum absolute atomic E-state index is 13.2. The predicted molar refractivity (Wildman–Crippen MR) is 68.4 cm³/mol. The number of hydrogen-bond acceptors (Lipinski definition) is 2. The van der Waals surface area contributed by atoms with Gasteiger partial charge >= 0.3 is 6.18 Å². The quantitative estimate of drug-likeness (QED) is 0.795. The number of pyridine rings is 1. The highest BCUT2D eigenvalue weighted by atomic mass is 19.4. The Balaban J connectivity index is 2.36. The highest BCUT2D eigenvalue weighted by Gasteiger charge is 2.35. The number of anilines is 1. The molecule has 1 heterocycles. The fraction of sp³-hybridized carbons (Fsp3) is 0.143. The van der Waals surface area contributed by atoms with E-state index in [1.807, 2.05) is 0 Å². The van der Waals surface area contributed by atoms with E-state index in [-0.39, 0.29) is 5.56 Å². The van der Waals surface area contributed by atoms with E-state index < -0.39 is 23.5 Å². The molecule has 0 N–H and O–H groups in total. The lowest BCUT2D eigenvalue weighted by Gasteiger charge is -2.18. The van der Waals surface area contributed by atoms with Gasteiger partial charge in [-0.3, -0.25) is 9.78 Å². The fourth-order valence-corrected chi connectivity index (χ4v) is 1.75. The molecule has 0 radical (unpaired) electrons. The zero-order chi connectivity index (χ0) is 15.6. The lowest BCUT2D eigenvalue weighted by molar-refractivity contribution is -0.140. The van der Waals surface area contributed by atoms with E-state index >= 15 is 0 Å². The Morgan fingerprint density at radius 2 is 1.76 bits per heavy atom. The molecule has 1 aromatic heterocycles. The monoisotopic (exact) mass is 298 g/mol. The summed E-state index contributed by atoms with van der Waals surface area (Å²) in [6.45, 7) is 0. The van der Waals surface area contributed by atoms with Gasteiger partial charge < -0.3 is 4.90 Å². The van der Waals surface area contributed by atoms with Crippen molar-refractivity contribution in [3.05, 3.63) is 59.7 Å². The van der Waals surface area contributed by atoms with E-state index in [0.717, 1.165) is 11.0 Å². The van der Waals surface area contributed by atoms with E-state index in [4.69, 9.17) is 0 Å². The van der Waals surface area contributed by atoms with Gasteiger partial charge in [0.1, 0.15) is 5.82 Å². The highest BCUT2D eigenvalue weighted by molar-refractivity contribution is 6.05. The third-order valence-corrected chi connectivity index (χ3v) is 2.87. The fourth-order valence-electron chi connectivity index (χ4n) is 1.75. The molecule has 0 saturated heterocycles. The Morgan fingerprint density at radius 1 is 1.14 bits per heavy atom. The summed E-state index contributed by atoms with van der Waals surface area (Å²) in [4.78, 5) is 17.1. The van der Waals surface area contributed by atoms with Crippen molar-refractivity contribution in [3.63, 3.8) is 0 Å². The van der Waals surface area contributed by atoms with Crippen LogP contribution in [0.15, 0.2) is 42.7 Å². The minimum Gasteiger partial charge on any atom is -0.311 e. The van der Waals surface area contributed by atoms with Crippen LogP contribution >= 0.6 is 0 Å². The van der Waals surface area contributed by atoms with E-state index in [9.17, 15) is 22.4 Å². The number of amides is 1. The van der Waals surface area contributed by atoms with E-state index in [0.29, 0.717) is 17.8 Å². The molecule has 21 heavy (non-hydrogen) atoms. The maximum Gasteiger partial charge on any atom is 0.419 e. The number of aromatic nitrogens is 1. The summed E-state index contributed by atoms with van der Waals surface area (Å²) in [7, 11) is 1.41. The van der Waals surface area contributed by atoms with Gasteiger partial charge in [-0.2, -0.15) is 13.2 Å². The molecular formula is C14H10F4N2O. The van der Waals surface area contributed by atoms with Crippen molar-refractivity contribution in [3.8, 4) is 0 Å². The number of hydrogen-bond donors (Lipinski definition) is 0. The predicted octanol–water partition coefficient (Wildman–Crippen LogP) is 3.52. The minimum atomic E-state index is -4.85. The van der Waals surface area contributed by atoms with Gasteiger partial charge in [-0.25, -0.2) is 4.39 Å². The lowest BCUT2D eigenvalue weighted by atomic mass is 10.1. The standard InChI is InChI=1S/C14H10F4N2O/c1-20(10-4-6-19-7-5-10)13(21)9-2-3-12(15)11(8-9)14(16,17)18/h2-8H,1H3. The van der Waals surface area contributed by atoms with Crippen LogP contribution in [0.2, 0.25) is 0 Å². The van der Waals surface area contributed by atoms with Crippen LogP contribution in [0.3, 0.4) is 0 Å². The molecule has 0 atom stereocenters. The van der Waals surface area contributed by atoms with E-state index in [1.54, 1.807) is 0 Å². The van der Waals surface area contributed by atoms with Crippen molar-refractivity contribution in [2.24, 2.45) is 0 Å². The first-order chi connectivity index (χ1) is 9.80. The van der Waals surface area contributed by atoms with Gasteiger partial charge in [0.25, 0.3) is 5.91 Å². The van der Waals surface area contributed by atoms with Gasteiger partial charge in [0.05, 0.1) is 5.56 Å². The molecule has 0 unspecified atom stereocenters. The summed E-state index contributed by atoms with van der Waals surface area (Å²) in [6.07, 6.45) is -1.95. The molecule has 0 saturated carbocycles. The topological polar surface area (TPSA) is 33.2 Å². The lowest BCUT2D eigenvalue weighted by Crippen LogP contribution is -2.26. The largest absolute Gasteiger partial charge is 0.419 e. The van der Waals surface area contributed by atoms with Gasteiger partial charge in [0.15, 0.2) is 0 Å². The molecule has 0 spiro atoms. The van der Waals surface area contributed by atoms with Crippen molar-refractivity contribution in [2.75, 3.05) is 11.9 Å². The van der Waals surface area contributed by atoms with E-state index in [1.165, 1.54) is 31.6 Å². The molecule has 1 amide bonds. The van der Waals surface area contributed by atoms with Crippen LogP contribution in [-0.4, -0.2) is 17.9 Å². The molecule has 0 aliphatic rings. The summed E-state index contributed by atoms with van der Waals surface area (Å²) >= 11 is 0. The Hall–Kier alpha value is -2.44. The highest BCUT2D eigenvalue weighted by Crippen LogP contribution is 2.32. The number of benzene rings is 1. The van der Waals surface area contributed by atoms with Crippen molar-refractivity contribution in [1.82, 2.24) is 4.98 Å². The summed E-state index contributed by atoms with van der Waals surface area (Å²) < 4.78 is 51.1. The Bertz CT molecular complexity index is 656. The Morgan fingerprint density at radius 3 is 2.33 bits per heavy atom. The molecule has 0 fully saturated rings. The van der Waals surface area contributed by atoms with Crippen molar-refractivity contribution < 1.29 is 22.4 Å². The number of carbonyl (C=O) groups is 1. The molecule has 2 aromatic rings. The third kappa shape index (κ3) is 3.18. The average Bonchev–Trinajstić information content (AvgIpc) is 2.46. The summed E-state index contributed by atoms with van der Waals surface area (Å²) in [5, 5.41) is 0. The molecule has 0 bridgehead atoms. The van der Waals surface area contributed by atoms with Crippen LogP contribution in [0.1, 0.15) is 15.9 Å². The maximum atomic E-state index is 13.2.